The quantitative estimate of drug-likeness (QED) is 0.644. The molecule has 0 radical (unpaired) electrons. The number of benzene rings is 1. The molecule has 18 heavy (non-hydrogen) atoms. The van der Waals surface area contributed by atoms with E-state index in [1.54, 1.807) is 18.2 Å². The molecule has 0 atom stereocenters. The smallest absolute Gasteiger partial charge is 0.165 e. The van der Waals surface area contributed by atoms with E-state index >= 15 is 0 Å². The number of halogens is 1. The third-order valence-corrected chi connectivity index (χ3v) is 2.17. The lowest BCUT2D eigenvalue weighted by Crippen LogP contribution is -1.95. The van der Waals surface area contributed by atoms with Gasteiger partial charge in [0.2, 0.25) is 0 Å². The first-order valence-corrected chi connectivity index (χ1v) is 5.37. The minimum atomic E-state index is -0.441. The fraction of sp³-hybridized carbons (Fsp3) is 0.143. The van der Waals surface area contributed by atoms with Crippen molar-refractivity contribution < 1.29 is 13.9 Å². The Labute approximate surface area is 106 Å². The summed E-state index contributed by atoms with van der Waals surface area (Å²) < 4.78 is 23.4. The molecule has 0 aromatic heterocycles. The average Bonchev–Trinajstić information content (AvgIpc) is 2.38. The molecule has 0 heterocycles. The van der Waals surface area contributed by atoms with Crippen LogP contribution in [0.4, 0.5) is 4.39 Å². The Kier molecular flexibility index (Phi) is 4.99. The van der Waals surface area contributed by atoms with E-state index in [0.29, 0.717) is 17.2 Å². The van der Waals surface area contributed by atoms with Gasteiger partial charge in [-0.2, -0.15) is 0 Å². The van der Waals surface area contributed by atoms with Crippen molar-refractivity contribution in [3.8, 4) is 11.5 Å². The van der Waals surface area contributed by atoms with Crippen molar-refractivity contribution in [2.45, 2.75) is 6.92 Å². The second-order valence-electron chi connectivity index (χ2n) is 3.49. The molecular formula is C14H16FNO2. The van der Waals surface area contributed by atoms with Crippen LogP contribution in [0.25, 0.3) is 0 Å². The van der Waals surface area contributed by atoms with Crippen molar-refractivity contribution in [2.24, 2.45) is 5.73 Å². The molecule has 0 aliphatic rings. The van der Waals surface area contributed by atoms with E-state index in [1.165, 1.54) is 25.3 Å². The van der Waals surface area contributed by atoms with Crippen LogP contribution >= 0.6 is 0 Å². The van der Waals surface area contributed by atoms with Gasteiger partial charge in [0.15, 0.2) is 11.6 Å². The zero-order valence-electron chi connectivity index (χ0n) is 10.4. The minimum Gasteiger partial charge on any atom is -0.494 e. The third-order valence-electron chi connectivity index (χ3n) is 2.17. The molecule has 1 aromatic carbocycles. The number of allylic oxidation sites excluding steroid dienone is 3. The van der Waals surface area contributed by atoms with Crippen LogP contribution in [0.2, 0.25) is 0 Å². The molecule has 0 saturated carbocycles. The monoisotopic (exact) mass is 249 g/mol. The van der Waals surface area contributed by atoms with E-state index < -0.39 is 5.82 Å². The molecule has 0 fully saturated rings. The van der Waals surface area contributed by atoms with Crippen molar-refractivity contribution >= 4 is 0 Å². The summed E-state index contributed by atoms with van der Waals surface area (Å²) in [4.78, 5) is 0. The fourth-order valence-corrected chi connectivity index (χ4v) is 1.17. The first-order valence-electron chi connectivity index (χ1n) is 5.37. The number of ether oxygens (including phenoxy) is 2. The number of nitrogens with two attached hydrogens (primary N) is 1. The largest absolute Gasteiger partial charge is 0.494 e. The predicted molar refractivity (Wildman–Crippen MR) is 69.8 cm³/mol. The molecule has 0 saturated heterocycles. The van der Waals surface area contributed by atoms with Crippen molar-refractivity contribution in [2.75, 3.05) is 7.11 Å². The molecule has 1 aromatic rings. The second-order valence-corrected chi connectivity index (χ2v) is 3.49. The molecule has 96 valence electrons. The fourth-order valence-electron chi connectivity index (χ4n) is 1.17. The summed E-state index contributed by atoms with van der Waals surface area (Å²) in [5.41, 5.74) is 6.20. The summed E-state index contributed by atoms with van der Waals surface area (Å²) in [5, 5.41) is 0. The van der Waals surface area contributed by atoms with Gasteiger partial charge in [0.25, 0.3) is 0 Å². The van der Waals surface area contributed by atoms with Gasteiger partial charge in [0.05, 0.1) is 7.11 Å². The van der Waals surface area contributed by atoms with Gasteiger partial charge in [-0.25, -0.2) is 4.39 Å². The first kappa shape index (κ1) is 13.8. The van der Waals surface area contributed by atoms with Gasteiger partial charge in [-0.1, -0.05) is 12.7 Å². The summed E-state index contributed by atoms with van der Waals surface area (Å²) in [5.74, 6) is 0.525. The van der Waals surface area contributed by atoms with E-state index in [0.717, 1.165) is 0 Å². The van der Waals surface area contributed by atoms with E-state index in [9.17, 15) is 4.39 Å². The van der Waals surface area contributed by atoms with Crippen LogP contribution in [0.5, 0.6) is 11.5 Å². The molecule has 0 aliphatic carbocycles. The van der Waals surface area contributed by atoms with Gasteiger partial charge >= 0.3 is 0 Å². The highest BCUT2D eigenvalue weighted by molar-refractivity contribution is 5.36. The normalized spacial score (nSPS) is 11.6. The predicted octanol–water partition coefficient (Wildman–Crippen LogP) is 3.15. The van der Waals surface area contributed by atoms with E-state index in [-0.39, 0.29) is 5.75 Å². The molecule has 0 spiro atoms. The molecule has 4 heteroatoms. The van der Waals surface area contributed by atoms with Crippen molar-refractivity contribution in [1.29, 1.82) is 0 Å². The number of methoxy groups -OCH3 is 1. The van der Waals surface area contributed by atoms with Gasteiger partial charge in [0.1, 0.15) is 11.5 Å². The van der Waals surface area contributed by atoms with Gasteiger partial charge < -0.3 is 15.2 Å². The van der Waals surface area contributed by atoms with E-state index in [2.05, 4.69) is 6.58 Å². The zero-order valence-corrected chi connectivity index (χ0v) is 10.4. The molecular weight excluding hydrogens is 233 g/mol. The van der Waals surface area contributed by atoms with Gasteiger partial charge in [-0.15, -0.1) is 0 Å². The molecule has 0 bridgehead atoms. The van der Waals surface area contributed by atoms with Crippen LogP contribution in [-0.4, -0.2) is 7.11 Å². The molecule has 3 nitrogen and oxygen atoms in total. The average molecular weight is 249 g/mol. The Morgan fingerprint density at radius 2 is 2.11 bits per heavy atom. The van der Waals surface area contributed by atoms with Gasteiger partial charge in [-0.3, -0.25) is 0 Å². The Morgan fingerprint density at radius 3 is 2.72 bits per heavy atom. The Balaban J connectivity index is 2.73. The lowest BCUT2D eigenvalue weighted by molar-refractivity contribution is 0.379. The first-order chi connectivity index (χ1) is 8.56. The lowest BCUT2D eigenvalue weighted by atomic mass is 10.3. The Hall–Kier alpha value is -2.23. The van der Waals surface area contributed by atoms with Crippen molar-refractivity contribution in [1.82, 2.24) is 0 Å². The molecule has 2 N–H and O–H groups in total. The Bertz CT molecular complexity index is 493. The number of rotatable bonds is 5. The van der Waals surface area contributed by atoms with Crippen LogP contribution in [-0.2, 0) is 0 Å². The van der Waals surface area contributed by atoms with E-state index in [1.807, 2.05) is 6.92 Å². The van der Waals surface area contributed by atoms with Gasteiger partial charge in [0, 0.05) is 11.8 Å². The highest BCUT2D eigenvalue weighted by atomic mass is 19.1. The van der Waals surface area contributed by atoms with Gasteiger partial charge in [-0.05, 0) is 31.2 Å². The summed E-state index contributed by atoms with van der Waals surface area (Å²) >= 11 is 0. The maximum absolute atomic E-state index is 13.2. The van der Waals surface area contributed by atoms with Crippen LogP contribution in [0.3, 0.4) is 0 Å². The highest BCUT2D eigenvalue weighted by Crippen LogP contribution is 2.24. The van der Waals surface area contributed by atoms with Crippen LogP contribution < -0.4 is 15.2 Å². The summed E-state index contributed by atoms with van der Waals surface area (Å²) in [6.07, 6.45) is 5.05. The number of hydrogen-bond donors (Lipinski definition) is 1. The van der Waals surface area contributed by atoms with E-state index in [4.69, 9.17) is 15.2 Å². The maximum Gasteiger partial charge on any atom is 0.165 e. The molecule has 0 aliphatic heterocycles. The van der Waals surface area contributed by atoms with Crippen molar-refractivity contribution in [3.63, 3.8) is 0 Å². The topological polar surface area (TPSA) is 44.5 Å². The SMILES string of the molecule is C=C(/C=C\C(N)=C/C)Oc1ccc(F)c(OC)c1. The zero-order chi connectivity index (χ0) is 13.5. The molecule has 0 unspecified atom stereocenters. The van der Waals surface area contributed by atoms with Crippen molar-refractivity contribution in [3.05, 3.63) is 60.3 Å². The van der Waals surface area contributed by atoms with Crippen LogP contribution in [0.1, 0.15) is 6.92 Å². The number of hydrogen-bond acceptors (Lipinski definition) is 3. The maximum atomic E-state index is 13.2. The van der Waals surface area contributed by atoms with Crippen LogP contribution in [0, 0.1) is 5.82 Å². The summed E-state index contributed by atoms with van der Waals surface area (Å²) in [6, 6.07) is 4.22. The van der Waals surface area contributed by atoms with Crippen LogP contribution in [0.15, 0.2) is 54.5 Å². The minimum absolute atomic E-state index is 0.122. The summed E-state index contributed by atoms with van der Waals surface area (Å²) in [7, 11) is 1.39. The molecule has 1 rings (SSSR count). The molecule has 0 amide bonds. The summed E-state index contributed by atoms with van der Waals surface area (Å²) in [6.45, 7) is 5.54. The second kappa shape index (κ2) is 6.49. The third kappa shape index (κ3) is 3.97. The standard InChI is InChI=1S/C14H16FNO2/c1-4-11(16)6-5-10(2)18-12-7-8-13(15)14(9-12)17-3/h4-9H,2,16H2,1,3H3/b6-5-,11-4+. The lowest BCUT2D eigenvalue weighted by Gasteiger charge is -2.07. The Morgan fingerprint density at radius 1 is 1.39 bits per heavy atom. The highest BCUT2D eigenvalue weighted by Gasteiger charge is 2.04.